The number of hydrogen-bond donors (Lipinski definition) is 3. The molecule has 0 aliphatic heterocycles. The molecule has 0 saturated heterocycles. The molecule has 4 N–H and O–H groups in total. The Hall–Kier alpha value is -4.69. The maximum Gasteiger partial charge on any atom is 0.323 e. The molecule has 0 bridgehead atoms. The Morgan fingerprint density at radius 2 is 1.73 bits per heavy atom. The highest BCUT2D eigenvalue weighted by molar-refractivity contribution is 7.93. The van der Waals surface area contributed by atoms with Crippen LogP contribution in [0, 0.1) is 18.8 Å². The third-order valence-electron chi connectivity index (χ3n) is 5.56. The van der Waals surface area contributed by atoms with Crippen LogP contribution >= 0.6 is 0 Å². The number of aryl methyl sites for hydroxylation is 1. The summed E-state index contributed by atoms with van der Waals surface area (Å²) in [5, 5.41) is 5.55. The number of amides is 3. The molecule has 1 aromatic heterocycles. The van der Waals surface area contributed by atoms with Crippen LogP contribution in [0.2, 0.25) is 0 Å². The summed E-state index contributed by atoms with van der Waals surface area (Å²) >= 11 is 0. The van der Waals surface area contributed by atoms with Crippen molar-refractivity contribution in [1.29, 1.82) is 0 Å². The normalized spacial score (nSPS) is 11.8. The SMILES string of the molecule is COC(=O)CCCC[S@](C)(=O)=NC(=O)c1cnc(N)c(C#Cc2cccc(NC(=O)Nc3cccc(C)c3)c2)c1. The monoisotopic (exact) mass is 561 g/mol. The van der Waals surface area contributed by atoms with Crippen molar-refractivity contribution < 1.29 is 23.3 Å². The molecule has 11 heteroatoms. The van der Waals surface area contributed by atoms with Crippen LogP contribution in [0.3, 0.4) is 0 Å². The summed E-state index contributed by atoms with van der Waals surface area (Å²) in [4.78, 5) is 40.3. The highest BCUT2D eigenvalue weighted by Gasteiger charge is 2.12. The molecule has 0 aliphatic rings. The van der Waals surface area contributed by atoms with Crippen molar-refractivity contribution in [3.8, 4) is 11.8 Å². The first-order valence-electron chi connectivity index (χ1n) is 12.4. The Kier molecular flexibility index (Phi) is 10.4. The molecule has 0 unspecified atom stereocenters. The zero-order valence-corrected chi connectivity index (χ0v) is 23.3. The van der Waals surface area contributed by atoms with Gasteiger partial charge in [0.2, 0.25) is 0 Å². The molecule has 40 heavy (non-hydrogen) atoms. The lowest BCUT2D eigenvalue weighted by atomic mass is 10.1. The summed E-state index contributed by atoms with van der Waals surface area (Å²) in [6.45, 7) is 1.94. The fourth-order valence-corrected chi connectivity index (χ4v) is 4.83. The van der Waals surface area contributed by atoms with E-state index in [0.717, 1.165) is 5.56 Å². The molecule has 1 heterocycles. The van der Waals surface area contributed by atoms with E-state index in [-0.39, 0.29) is 29.5 Å². The number of nitrogens with two attached hydrogens (primary N) is 1. The van der Waals surface area contributed by atoms with E-state index in [1.54, 1.807) is 30.3 Å². The zero-order chi connectivity index (χ0) is 29.1. The van der Waals surface area contributed by atoms with Crippen LogP contribution in [-0.2, 0) is 19.3 Å². The van der Waals surface area contributed by atoms with Gasteiger partial charge in [0.15, 0.2) is 0 Å². The Bertz CT molecular complexity index is 1600. The number of benzene rings is 2. The van der Waals surface area contributed by atoms with Crippen molar-refractivity contribution in [2.24, 2.45) is 4.36 Å². The first-order chi connectivity index (χ1) is 19.0. The lowest BCUT2D eigenvalue weighted by Crippen LogP contribution is -2.19. The summed E-state index contributed by atoms with van der Waals surface area (Å²) < 4.78 is 21.2. The van der Waals surface area contributed by atoms with Crippen molar-refractivity contribution in [3.63, 3.8) is 0 Å². The van der Waals surface area contributed by atoms with Crippen molar-refractivity contribution in [2.75, 3.05) is 35.5 Å². The largest absolute Gasteiger partial charge is 0.469 e. The van der Waals surface area contributed by atoms with E-state index in [4.69, 9.17) is 5.73 Å². The van der Waals surface area contributed by atoms with Gasteiger partial charge in [0.25, 0.3) is 5.91 Å². The first-order valence-corrected chi connectivity index (χ1v) is 14.5. The van der Waals surface area contributed by atoms with Gasteiger partial charge in [-0.05, 0) is 61.7 Å². The van der Waals surface area contributed by atoms with E-state index in [1.807, 2.05) is 25.1 Å². The van der Waals surface area contributed by atoms with Gasteiger partial charge in [0, 0.05) is 41.6 Å². The quantitative estimate of drug-likeness (QED) is 0.206. The molecule has 0 spiro atoms. The number of esters is 1. The van der Waals surface area contributed by atoms with Crippen LogP contribution in [0.25, 0.3) is 0 Å². The van der Waals surface area contributed by atoms with E-state index in [1.165, 1.54) is 25.6 Å². The number of carbonyl (C=O) groups is 3. The molecule has 2 aromatic carbocycles. The molecule has 0 fully saturated rings. The Balaban J connectivity index is 1.69. The van der Waals surface area contributed by atoms with Crippen molar-refractivity contribution in [1.82, 2.24) is 4.98 Å². The number of nitrogens with one attached hydrogen (secondary N) is 2. The first kappa shape index (κ1) is 29.9. The van der Waals surface area contributed by atoms with E-state index in [2.05, 4.69) is 36.6 Å². The summed E-state index contributed by atoms with van der Waals surface area (Å²) in [5.74, 6) is 5.10. The third-order valence-corrected chi connectivity index (χ3v) is 7.16. The van der Waals surface area contributed by atoms with Gasteiger partial charge in [0.05, 0.1) is 28.0 Å². The van der Waals surface area contributed by atoms with Crippen LogP contribution in [0.5, 0.6) is 0 Å². The smallest absolute Gasteiger partial charge is 0.323 e. The number of urea groups is 1. The standard InChI is InChI=1S/C29H31N5O5S/c1-20-8-6-10-24(16-20)32-29(37)33-25-11-7-9-21(17-25)13-14-22-18-23(19-31-27(22)30)28(36)34-40(3,38)15-5-4-12-26(35)39-2/h6-11,16-19H,4-5,12,15H2,1-3H3,(H2,30,31)(H2,32,33,37)/t40-/m0/s1. The molecular weight excluding hydrogens is 530 g/mol. The predicted octanol–water partition coefficient (Wildman–Crippen LogP) is 4.60. The van der Waals surface area contributed by atoms with Crippen molar-refractivity contribution in [2.45, 2.75) is 26.2 Å². The number of aromatic nitrogens is 1. The van der Waals surface area contributed by atoms with Gasteiger partial charge in [-0.25, -0.2) is 14.0 Å². The number of ether oxygens (including phenoxy) is 1. The second kappa shape index (κ2) is 13.9. The molecule has 3 amide bonds. The summed E-state index contributed by atoms with van der Waals surface area (Å²) in [6.07, 6.45) is 3.81. The number of nitrogens with zero attached hydrogens (tertiary/aromatic N) is 2. The maximum absolute atomic E-state index is 12.8. The number of methoxy groups -OCH3 is 1. The fourth-order valence-electron chi connectivity index (χ4n) is 3.54. The molecule has 0 aliphatic carbocycles. The number of nitrogen functional groups attached to an aromatic ring is 1. The van der Waals surface area contributed by atoms with Crippen molar-refractivity contribution in [3.05, 3.63) is 83.0 Å². The van der Waals surface area contributed by atoms with Crippen LogP contribution in [0.1, 0.15) is 46.3 Å². The van der Waals surface area contributed by atoms with Gasteiger partial charge < -0.3 is 21.1 Å². The average Bonchev–Trinajstić information content (AvgIpc) is 2.90. The topological polar surface area (TPSA) is 153 Å². The average molecular weight is 562 g/mol. The maximum atomic E-state index is 12.8. The molecular formula is C29H31N5O5S. The second-order valence-electron chi connectivity index (χ2n) is 9.03. The minimum absolute atomic E-state index is 0.103. The van der Waals surface area contributed by atoms with Crippen molar-refractivity contribution >= 4 is 44.8 Å². The molecule has 3 rings (SSSR count). The lowest BCUT2D eigenvalue weighted by Gasteiger charge is -2.08. The molecule has 1 atom stereocenters. The number of unbranched alkanes of at least 4 members (excludes halogenated alkanes) is 1. The summed E-state index contributed by atoms with van der Waals surface area (Å²) in [6, 6.07) is 15.4. The third kappa shape index (κ3) is 9.56. The van der Waals surface area contributed by atoms with Crippen LogP contribution in [-0.4, -0.2) is 46.2 Å². The number of rotatable bonds is 8. The highest BCUT2D eigenvalue weighted by Crippen LogP contribution is 2.15. The lowest BCUT2D eigenvalue weighted by molar-refractivity contribution is -0.140. The Labute approximate surface area is 233 Å². The van der Waals surface area contributed by atoms with E-state index in [0.29, 0.717) is 35.3 Å². The molecule has 0 radical (unpaired) electrons. The summed E-state index contributed by atoms with van der Waals surface area (Å²) in [7, 11) is -1.50. The van der Waals surface area contributed by atoms with E-state index in [9.17, 15) is 18.6 Å². The number of pyridine rings is 1. The fraction of sp³-hybridized carbons (Fsp3) is 0.241. The number of hydrogen-bond acceptors (Lipinski definition) is 7. The predicted molar refractivity (Wildman–Crippen MR) is 156 cm³/mol. The van der Waals surface area contributed by atoms with E-state index >= 15 is 0 Å². The van der Waals surface area contributed by atoms with Gasteiger partial charge in [-0.3, -0.25) is 9.59 Å². The van der Waals surface area contributed by atoms with Gasteiger partial charge in [-0.2, -0.15) is 4.36 Å². The van der Waals surface area contributed by atoms with Gasteiger partial charge in [0.1, 0.15) is 5.82 Å². The second-order valence-corrected chi connectivity index (χ2v) is 11.5. The minimum Gasteiger partial charge on any atom is -0.469 e. The highest BCUT2D eigenvalue weighted by atomic mass is 32.2. The number of carbonyl (C=O) groups excluding carboxylic acids is 3. The molecule has 208 valence electrons. The van der Waals surface area contributed by atoms with Crippen LogP contribution < -0.4 is 16.4 Å². The summed E-state index contributed by atoms with van der Waals surface area (Å²) in [5.41, 5.74) is 9.20. The Morgan fingerprint density at radius 1 is 1.02 bits per heavy atom. The molecule has 0 saturated carbocycles. The van der Waals surface area contributed by atoms with Gasteiger partial charge >= 0.3 is 12.0 Å². The number of anilines is 3. The molecule has 3 aromatic rings. The van der Waals surface area contributed by atoms with Gasteiger partial charge in [-0.1, -0.05) is 30.0 Å². The van der Waals surface area contributed by atoms with Crippen LogP contribution in [0.15, 0.2) is 65.2 Å². The zero-order valence-electron chi connectivity index (χ0n) is 22.5. The van der Waals surface area contributed by atoms with Gasteiger partial charge in [-0.15, -0.1) is 0 Å². The minimum atomic E-state index is -2.81. The molecule has 10 nitrogen and oxygen atoms in total. The van der Waals surface area contributed by atoms with Crippen LogP contribution in [0.4, 0.5) is 22.0 Å². The van der Waals surface area contributed by atoms with E-state index < -0.39 is 21.7 Å². The Morgan fingerprint density at radius 3 is 2.42 bits per heavy atom.